The van der Waals surface area contributed by atoms with Crippen molar-refractivity contribution in [2.45, 2.75) is 27.7 Å². The maximum absolute atomic E-state index is 5.85. The van der Waals surface area contributed by atoms with Crippen LogP contribution in [-0.4, -0.2) is 6.26 Å². The number of hydrogen-bond acceptors (Lipinski definition) is 4. The number of anilines is 1. The highest BCUT2D eigenvalue weighted by Gasteiger charge is 2.09. The molecular weight excluding hydrogens is 236 g/mol. The zero-order chi connectivity index (χ0) is 12.3. The van der Waals surface area contributed by atoms with E-state index in [-0.39, 0.29) is 5.41 Å². The summed E-state index contributed by atoms with van der Waals surface area (Å²) in [5, 5.41) is 0. The van der Waals surface area contributed by atoms with E-state index in [9.17, 15) is 0 Å². The molecule has 0 fully saturated rings. The molecule has 0 aliphatic carbocycles. The number of thiophene rings is 1. The van der Waals surface area contributed by atoms with Crippen LogP contribution >= 0.6 is 23.3 Å². The van der Waals surface area contributed by atoms with Gasteiger partial charge in [0.2, 0.25) is 0 Å². The van der Waals surface area contributed by atoms with Crippen molar-refractivity contribution in [3.8, 4) is 11.8 Å². The van der Waals surface area contributed by atoms with Gasteiger partial charge in [-0.05, 0) is 45.7 Å². The molecule has 0 bridgehead atoms. The first-order valence-corrected chi connectivity index (χ1v) is 7.06. The topological polar surface area (TPSA) is 29.3 Å². The van der Waals surface area contributed by atoms with Gasteiger partial charge in [-0.1, -0.05) is 11.8 Å². The van der Waals surface area contributed by atoms with E-state index < -0.39 is 0 Å². The molecule has 2 nitrogen and oxygen atoms in total. The van der Waals surface area contributed by atoms with Crippen molar-refractivity contribution < 1.29 is 0 Å². The van der Waals surface area contributed by atoms with E-state index in [1.54, 1.807) is 15.8 Å². The fourth-order valence-corrected chi connectivity index (χ4v) is 2.41. The summed E-state index contributed by atoms with van der Waals surface area (Å²) in [6.45, 7) is 8.40. The van der Waals surface area contributed by atoms with Crippen LogP contribution in [0.1, 0.15) is 30.5 Å². The highest BCUT2D eigenvalue weighted by atomic mass is 32.2. The van der Waals surface area contributed by atoms with Crippen LogP contribution in [0.15, 0.2) is 6.07 Å². The lowest BCUT2D eigenvalue weighted by Crippen LogP contribution is -2.21. The first kappa shape index (κ1) is 13.4. The summed E-state index contributed by atoms with van der Waals surface area (Å²) in [7, 11) is 0. The fraction of sp³-hybridized carbons (Fsp3) is 0.500. The smallest absolute Gasteiger partial charge is 0.0793 e. The van der Waals surface area contributed by atoms with Gasteiger partial charge in [-0.25, -0.2) is 5.84 Å². The summed E-state index contributed by atoms with van der Waals surface area (Å²) in [6, 6.07) is 2.05. The average molecular weight is 254 g/mol. The second-order valence-electron chi connectivity index (χ2n) is 4.56. The molecule has 0 saturated carbocycles. The van der Waals surface area contributed by atoms with Gasteiger partial charge in [0.25, 0.3) is 0 Å². The Morgan fingerprint density at radius 3 is 2.56 bits per heavy atom. The Morgan fingerprint density at radius 2 is 2.06 bits per heavy atom. The van der Waals surface area contributed by atoms with Crippen molar-refractivity contribution in [1.29, 1.82) is 0 Å². The summed E-state index contributed by atoms with van der Waals surface area (Å²) < 4.78 is 1.67. The van der Waals surface area contributed by atoms with Gasteiger partial charge in [0.15, 0.2) is 0 Å². The van der Waals surface area contributed by atoms with Crippen LogP contribution in [0.4, 0.5) is 5.69 Å². The predicted octanol–water partition coefficient (Wildman–Crippen LogP) is 3.41. The van der Waals surface area contributed by atoms with Crippen LogP contribution in [0.25, 0.3) is 0 Å². The molecule has 0 amide bonds. The normalized spacial score (nSPS) is 10.9. The summed E-state index contributed by atoms with van der Waals surface area (Å²) >= 11 is 3.19. The Kier molecular flexibility index (Phi) is 4.31. The lowest BCUT2D eigenvalue weighted by atomic mass is 9.98. The quantitative estimate of drug-likeness (QED) is 0.379. The summed E-state index contributed by atoms with van der Waals surface area (Å²) in [6.07, 6.45) is 1.96. The zero-order valence-electron chi connectivity index (χ0n) is 10.4. The number of aryl methyl sites for hydroxylation is 1. The maximum Gasteiger partial charge on any atom is 0.0793 e. The van der Waals surface area contributed by atoms with Crippen LogP contribution in [-0.2, 0) is 0 Å². The summed E-state index contributed by atoms with van der Waals surface area (Å²) in [4.78, 5) is 2.28. The minimum absolute atomic E-state index is 0.0416. The molecule has 0 atom stereocenters. The number of hydrogen-bond donors (Lipinski definition) is 1. The molecule has 1 rings (SSSR count). The standard InChI is InChI=1S/C12H18N2S2/c1-9-11(14(13)15-5)8-10(16-9)6-7-12(2,3)4/h8H,13H2,1-5H3. The van der Waals surface area contributed by atoms with Gasteiger partial charge >= 0.3 is 0 Å². The molecule has 0 spiro atoms. The first-order valence-electron chi connectivity index (χ1n) is 5.06. The Labute approximate surface area is 106 Å². The number of hydrazine groups is 1. The molecule has 0 aliphatic rings. The Balaban J connectivity index is 2.96. The Morgan fingerprint density at radius 1 is 1.44 bits per heavy atom. The first-order chi connectivity index (χ1) is 7.33. The molecule has 1 aromatic heterocycles. The van der Waals surface area contributed by atoms with E-state index in [1.807, 2.05) is 6.26 Å². The van der Waals surface area contributed by atoms with Gasteiger partial charge < -0.3 is 0 Å². The molecule has 0 unspecified atom stereocenters. The van der Waals surface area contributed by atoms with Gasteiger partial charge in [0.1, 0.15) is 0 Å². The predicted molar refractivity (Wildman–Crippen MR) is 75.6 cm³/mol. The summed E-state index contributed by atoms with van der Waals surface area (Å²) in [5.74, 6) is 12.3. The van der Waals surface area contributed by atoms with Gasteiger partial charge in [-0.15, -0.1) is 11.3 Å². The molecular formula is C12H18N2S2. The fourth-order valence-electron chi connectivity index (χ4n) is 1.10. The van der Waals surface area contributed by atoms with Crippen molar-refractivity contribution in [3.05, 3.63) is 15.8 Å². The second kappa shape index (κ2) is 5.13. The molecule has 1 aromatic rings. The molecule has 1 heterocycles. The average Bonchev–Trinajstić information content (AvgIpc) is 2.55. The van der Waals surface area contributed by atoms with Crippen LogP contribution in [0.5, 0.6) is 0 Å². The molecule has 0 radical (unpaired) electrons. The number of rotatable bonds is 2. The van der Waals surface area contributed by atoms with Crippen molar-refractivity contribution in [2.24, 2.45) is 11.3 Å². The lowest BCUT2D eigenvalue weighted by Gasteiger charge is -2.12. The van der Waals surface area contributed by atoms with Gasteiger partial charge in [0, 0.05) is 16.5 Å². The van der Waals surface area contributed by atoms with E-state index in [0.717, 1.165) is 10.6 Å². The van der Waals surface area contributed by atoms with Gasteiger partial charge in [-0.3, -0.25) is 4.41 Å². The van der Waals surface area contributed by atoms with Crippen molar-refractivity contribution in [2.75, 3.05) is 10.7 Å². The lowest BCUT2D eigenvalue weighted by molar-refractivity contribution is 0.571. The number of nitrogens with zero attached hydrogens (tertiary/aromatic N) is 1. The summed E-state index contributed by atoms with van der Waals surface area (Å²) in [5.41, 5.74) is 1.09. The molecule has 16 heavy (non-hydrogen) atoms. The van der Waals surface area contributed by atoms with E-state index in [4.69, 9.17) is 5.84 Å². The van der Waals surface area contributed by atoms with E-state index >= 15 is 0 Å². The van der Waals surface area contributed by atoms with E-state index in [1.165, 1.54) is 16.8 Å². The molecule has 0 aromatic carbocycles. The molecule has 88 valence electrons. The highest BCUT2D eigenvalue weighted by Crippen LogP contribution is 2.30. The second-order valence-corrected chi connectivity index (χ2v) is 6.58. The zero-order valence-corrected chi connectivity index (χ0v) is 12.1. The molecule has 4 heteroatoms. The monoisotopic (exact) mass is 254 g/mol. The van der Waals surface area contributed by atoms with Crippen LogP contribution < -0.4 is 10.3 Å². The Bertz CT molecular complexity index is 418. The Hall–Kier alpha value is -0.630. The number of nitrogens with two attached hydrogens (primary N) is 1. The van der Waals surface area contributed by atoms with Crippen molar-refractivity contribution in [3.63, 3.8) is 0 Å². The largest absolute Gasteiger partial charge is 0.252 e. The highest BCUT2D eigenvalue weighted by molar-refractivity contribution is 7.99. The maximum atomic E-state index is 5.85. The molecule has 0 aliphatic heterocycles. The van der Waals surface area contributed by atoms with Crippen molar-refractivity contribution >= 4 is 29.0 Å². The minimum atomic E-state index is 0.0416. The van der Waals surface area contributed by atoms with Crippen LogP contribution in [0.3, 0.4) is 0 Å². The third kappa shape index (κ3) is 3.75. The van der Waals surface area contributed by atoms with Crippen LogP contribution in [0.2, 0.25) is 0 Å². The van der Waals surface area contributed by atoms with E-state index in [0.29, 0.717) is 0 Å². The SMILES string of the molecule is CSN(N)c1cc(C#CC(C)(C)C)sc1C. The third-order valence-corrected chi connectivity index (χ3v) is 3.43. The van der Waals surface area contributed by atoms with Crippen LogP contribution in [0, 0.1) is 24.2 Å². The molecule has 0 saturated heterocycles. The third-order valence-electron chi connectivity index (χ3n) is 1.89. The molecule has 2 N–H and O–H groups in total. The van der Waals surface area contributed by atoms with Crippen molar-refractivity contribution in [1.82, 2.24) is 0 Å². The van der Waals surface area contributed by atoms with E-state index in [2.05, 4.69) is 45.6 Å². The minimum Gasteiger partial charge on any atom is -0.252 e. The van der Waals surface area contributed by atoms with Gasteiger partial charge in [0.05, 0.1) is 10.6 Å². The van der Waals surface area contributed by atoms with Gasteiger partial charge in [-0.2, -0.15) is 0 Å².